The first kappa shape index (κ1) is 19.2. The summed E-state index contributed by atoms with van der Waals surface area (Å²) in [6, 6.07) is 0. The number of rotatable bonds is 10. The highest BCUT2D eigenvalue weighted by atomic mass is 16.7. The van der Waals surface area contributed by atoms with Gasteiger partial charge in [-0.25, -0.2) is 4.79 Å². The van der Waals surface area contributed by atoms with Gasteiger partial charge in [-0.2, -0.15) is 0 Å². The minimum Gasteiger partial charge on any atom is -0.458 e. The van der Waals surface area contributed by atoms with Gasteiger partial charge in [0.15, 0.2) is 0 Å². The predicted octanol–water partition coefficient (Wildman–Crippen LogP) is 3.04. The molecular weight excluding hydrogens is 300 g/mol. The van der Waals surface area contributed by atoms with E-state index in [9.17, 15) is 14.4 Å². The zero-order valence-electron chi connectivity index (χ0n) is 14.1. The lowest BCUT2D eigenvalue weighted by Gasteiger charge is -2.22. The molecule has 1 heterocycles. The Kier molecular flexibility index (Phi) is 8.37. The quantitative estimate of drug-likeness (QED) is 0.453. The number of carbonyl (C=O) groups is 3. The summed E-state index contributed by atoms with van der Waals surface area (Å²) < 4.78 is 15.2. The molecule has 0 saturated carbocycles. The fourth-order valence-corrected chi connectivity index (χ4v) is 2.50. The summed E-state index contributed by atoms with van der Waals surface area (Å²) >= 11 is 0. The molecular formula is C17H26O6. The molecule has 0 aromatic heterocycles. The van der Waals surface area contributed by atoms with E-state index in [0.29, 0.717) is 12.0 Å². The summed E-state index contributed by atoms with van der Waals surface area (Å²) in [5.74, 6) is -1.59. The first-order chi connectivity index (χ1) is 10.9. The lowest BCUT2D eigenvalue weighted by Crippen LogP contribution is -2.28. The minimum atomic E-state index is -1.09. The Morgan fingerprint density at radius 3 is 2.39 bits per heavy atom. The Labute approximate surface area is 137 Å². The van der Waals surface area contributed by atoms with Gasteiger partial charge in [-0.05, 0) is 12.8 Å². The van der Waals surface area contributed by atoms with Crippen molar-refractivity contribution in [3.05, 3.63) is 11.6 Å². The SMILES string of the molecule is CCCCCCCCC(OC(C)=O)C1=CC(=O)OC1OC(C)=O. The average molecular weight is 326 g/mol. The van der Waals surface area contributed by atoms with Gasteiger partial charge in [-0.3, -0.25) is 9.59 Å². The summed E-state index contributed by atoms with van der Waals surface area (Å²) in [4.78, 5) is 33.9. The molecule has 2 atom stereocenters. The molecule has 6 nitrogen and oxygen atoms in total. The van der Waals surface area contributed by atoms with Crippen molar-refractivity contribution >= 4 is 17.9 Å². The van der Waals surface area contributed by atoms with E-state index in [1.807, 2.05) is 0 Å². The van der Waals surface area contributed by atoms with Crippen LogP contribution < -0.4 is 0 Å². The van der Waals surface area contributed by atoms with Crippen molar-refractivity contribution in [1.82, 2.24) is 0 Å². The second-order valence-corrected chi connectivity index (χ2v) is 5.68. The Morgan fingerprint density at radius 1 is 1.13 bits per heavy atom. The Bertz CT molecular complexity index is 454. The fourth-order valence-electron chi connectivity index (χ4n) is 2.50. The third-order valence-corrected chi connectivity index (χ3v) is 3.55. The molecule has 1 aliphatic rings. The molecule has 0 radical (unpaired) electrons. The highest BCUT2D eigenvalue weighted by Gasteiger charge is 2.35. The summed E-state index contributed by atoms with van der Waals surface area (Å²) in [5, 5.41) is 0. The summed E-state index contributed by atoms with van der Waals surface area (Å²) in [5.41, 5.74) is 0.397. The highest BCUT2D eigenvalue weighted by molar-refractivity contribution is 5.86. The van der Waals surface area contributed by atoms with Gasteiger partial charge in [-0.15, -0.1) is 0 Å². The first-order valence-corrected chi connectivity index (χ1v) is 8.20. The molecule has 0 aliphatic carbocycles. The summed E-state index contributed by atoms with van der Waals surface area (Å²) in [7, 11) is 0. The fraction of sp³-hybridized carbons (Fsp3) is 0.706. The van der Waals surface area contributed by atoms with Crippen LogP contribution in [0, 0.1) is 0 Å². The number of esters is 3. The van der Waals surface area contributed by atoms with Gasteiger partial charge in [0.2, 0.25) is 0 Å². The molecule has 6 heteroatoms. The standard InChI is InChI=1S/C17H26O6/c1-4-5-6-7-8-9-10-15(21-12(2)18)14-11-16(20)23-17(14)22-13(3)19/h11,15,17H,4-10H2,1-3H3. The van der Waals surface area contributed by atoms with Crippen molar-refractivity contribution in [3.63, 3.8) is 0 Å². The van der Waals surface area contributed by atoms with E-state index in [0.717, 1.165) is 19.3 Å². The average Bonchev–Trinajstić information content (AvgIpc) is 2.80. The molecule has 0 amide bonds. The molecule has 0 saturated heterocycles. The maximum absolute atomic E-state index is 11.5. The van der Waals surface area contributed by atoms with Crippen LogP contribution in [0.2, 0.25) is 0 Å². The molecule has 0 N–H and O–H groups in total. The van der Waals surface area contributed by atoms with E-state index in [1.54, 1.807) is 0 Å². The molecule has 0 bridgehead atoms. The molecule has 0 aromatic rings. The molecule has 0 aromatic carbocycles. The molecule has 0 spiro atoms. The van der Waals surface area contributed by atoms with Gasteiger partial charge < -0.3 is 14.2 Å². The van der Waals surface area contributed by atoms with Crippen molar-refractivity contribution in [2.45, 2.75) is 78.1 Å². The lowest BCUT2D eigenvalue weighted by atomic mass is 10.0. The van der Waals surface area contributed by atoms with Gasteiger partial charge in [0.25, 0.3) is 6.29 Å². The van der Waals surface area contributed by atoms with Crippen LogP contribution in [0.1, 0.15) is 65.7 Å². The monoisotopic (exact) mass is 326 g/mol. The zero-order chi connectivity index (χ0) is 17.2. The molecule has 2 unspecified atom stereocenters. The van der Waals surface area contributed by atoms with Crippen LogP contribution in [-0.2, 0) is 28.6 Å². The normalized spacial score (nSPS) is 18.1. The molecule has 0 fully saturated rings. The van der Waals surface area contributed by atoms with Crippen molar-refractivity contribution in [2.75, 3.05) is 0 Å². The maximum atomic E-state index is 11.5. The van der Waals surface area contributed by atoms with Gasteiger partial charge in [0.05, 0.1) is 5.57 Å². The number of unbranched alkanes of at least 4 members (excludes halogenated alkanes) is 5. The van der Waals surface area contributed by atoms with E-state index in [4.69, 9.17) is 14.2 Å². The Hall–Kier alpha value is -1.85. The van der Waals surface area contributed by atoms with E-state index in [2.05, 4.69) is 6.92 Å². The maximum Gasteiger partial charge on any atom is 0.334 e. The Balaban J connectivity index is 2.60. The van der Waals surface area contributed by atoms with Crippen molar-refractivity contribution < 1.29 is 28.6 Å². The third kappa shape index (κ3) is 7.30. The van der Waals surface area contributed by atoms with Gasteiger partial charge in [0.1, 0.15) is 6.10 Å². The second kappa shape index (κ2) is 10.0. The van der Waals surface area contributed by atoms with Crippen LogP contribution in [0.3, 0.4) is 0 Å². The number of carbonyl (C=O) groups excluding carboxylic acids is 3. The third-order valence-electron chi connectivity index (χ3n) is 3.55. The van der Waals surface area contributed by atoms with Gasteiger partial charge in [-0.1, -0.05) is 39.0 Å². The van der Waals surface area contributed by atoms with Crippen molar-refractivity contribution in [3.8, 4) is 0 Å². The number of ether oxygens (including phenoxy) is 3. The van der Waals surface area contributed by atoms with Crippen LogP contribution in [0.5, 0.6) is 0 Å². The Morgan fingerprint density at radius 2 is 1.78 bits per heavy atom. The lowest BCUT2D eigenvalue weighted by molar-refractivity contribution is -0.174. The van der Waals surface area contributed by atoms with Crippen molar-refractivity contribution in [2.24, 2.45) is 0 Å². The van der Waals surface area contributed by atoms with Crippen LogP contribution in [0.4, 0.5) is 0 Å². The summed E-state index contributed by atoms with van der Waals surface area (Å²) in [6.45, 7) is 4.71. The number of hydrogen-bond acceptors (Lipinski definition) is 6. The van der Waals surface area contributed by atoms with E-state index in [-0.39, 0.29) is 0 Å². The van der Waals surface area contributed by atoms with Crippen LogP contribution in [-0.4, -0.2) is 30.3 Å². The molecule has 23 heavy (non-hydrogen) atoms. The molecule has 1 aliphatic heterocycles. The van der Waals surface area contributed by atoms with Crippen LogP contribution in [0.15, 0.2) is 11.6 Å². The topological polar surface area (TPSA) is 78.9 Å². The van der Waals surface area contributed by atoms with Crippen molar-refractivity contribution in [1.29, 1.82) is 0 Å². The highest BCUT2D eigenvalue weighted by Crippen LogP contribution is 2.26. The second-order valence-electron chi connectivity index (χ2n) is 5.68. The van der Waals surface area contributed by atoms with Gasteiger partial charge >= 0.3 is 17.9 Å². The predicted molar refractivity (Wildman–Crippen MR) is 83.3 cm³/mol. The number of hydrogen-bond donors (Lipinski definition) is 0. The smallest absolute Gasteiger partial charge is 0.334 e. The van der Waals surface area contributed by atoms with E-state index < -0.39 is 30.3 Å². The van der Waals surface area contributed by atoms with E-state index in [1.165, 1.54) is 39.2 Å². The molecule has 130 valence electrons. The zero-order valence-corrected chi connectivity index (χ0v) is 14.1. The summed E-state index contributed by atoms with van der Waals surface area (Å²) in [6.07, 6.45) is 6.74. The van der Waals surface area contributed by atoms with Crippen LogP contribution in [0.25, 0.3) is 0 Å². The van der Waals surface area contributed by atoms with Crippen LogP contribution >= 0.6 is 0 Å². The van der Waals surface area contributed by atoms with E-state index >= 15 is 0 Å². The first-order valence-electron chi connectivity index (χ1n) is 8.20. The largest absolute Gasteiger partial charge is 0.458 e. The minimum absolute atomic E-state index is 0.397. The molecule has 1 rings (SSSR count). The number of cyclic esters (lactones) is 1. The van der Waals surface area contributed by atoms with Gasteiger partial charge in [0, 0.05) is 19.9 Å².